The van der Waals surface area contributed by atoms with Crippen LogP contribution in [0.4, 0.5) is 11.5 Å². The fraction of sp³-hybridized carbons (Fsp3) is 0.545. The van der Waals surface area contributed by atoms with Gasteiger partial charge in [-0.3, -0.25) is 4.79 Å². The molecule has 1 atom stereocenters. The van der Waals surface area contributed by atoms with E-state index in [2.05, 4.69) is 20.6 Å². The van der Waals surface area contributed by atoms with Gasteiger partial charge in [0.05, 0.1) is 7.11 Å². The molecule has 1 aromatic heterocycles. The summed E-state index contributed by atoms with van der Waals surface area (Å²) in [5, 5.41) is 5.85. The van der Waals surface area contributed by atoms with E-state index < -0.39 is 0 Å². The molecule has 2 rings (SSSR count). The van der Waals surface area contributed by atoms with Gasteiger partial charge in [0, 0.05) is 13.7 Å². The largest absolute Gasteiger partial charge is 0.479 e. The molecule has 2 heterocycles. The number of amides is 1. The number of ether oxygens (including phenoxy) is 2. The molecular weight excluding hydrogens is 236 g/mol. The van der Waals surface area contributed by atoms with Gasteiger partial charge in [-0.2, -0.15) is 4.98 Å². The molecule has 0 spiro atoms. The summed E-state index contributed by atoms with van der Waals surface area (Å²) >= 11 is 0. The van der Waals surface area contributed by atoms with E-state index in [0.29, 0.717) is 30.4 Å². The van der Waals surface area contributed by atoms with Crippen LogP contribution in [0, 0.1) is 0 Å². The van der Waals surface area contributed by atoms with Crippen molar-refractivity contribution in [3.8, 4) is 5.88 Å². The first-order valence-electron chi connectivity index (χ1n) is 5.71. The highest BCUT2D eigenvalue weighted by Gasteiger charge is 2.28. The molecule has 0 saturated carbocycles. The van der Waals surface area contributed by atoms with Crippen LogP contribution in [0.2, 0.25) is 0 Å². The zero-order chi connectivity index (χ0) is 13.0. The van der Waals surface area contributed by atoms with Crippen molar-refractivity contribution < 1.29 is 14.3 Å². The van der Waals surface area contributed by atoms with Crippen LogP contribution >= 0.6 is 0 Å². The molecule has 0 fully saturated rings. The van der Waals surface area contributed by atoms with Crippen LogP contribution in [0.3, 0.4) is 0 Å². The van der Waals surface area contributed by atoms with Crippen LogP contribution in [0.25, 0.3) is 0 Å². The van der Waals surface area contributed by atoms with Crippen molar-refractivity contribution in [3.05, 3.63) is 6.33 Å². The Kier molecular flexibility index (Phi) is 3.93. The molecule has 2 N–H and O–H groups in total. The standard InChI is InChI=1S/C11H16N4O3/c1-17-5-3-4-7-10(16)15-8-9(14-7)12-6-13-11(8)18-2/h6-7H,3-5H2,1-2H3,(H,15,16)(H,12,13,14). The van der Waals surface area contributed by atoms with Crippen LogP contribution in [0.5, 0.6) is 5.88 Å². The van der Waals surface area contributed by atoms with Gasteiger partial charge in [-0.05, 0) is 12.8 Å². The molecule has 1 aromatic rings. The Hall–Kier alpha value is -1.89. The summed E-state index contributed by atoms with van der Waals surface area (Å²) < 4.78 is 10.0. The first-order valence-corrected chi connectivity index (χ1v) is 5.71. The lowest BCUT2D eigenvalue weighted by Gasteiger charge is -2.26. The minimum atomic E-state index is -0.299. The third kappa shape index (κ3) is 2.51. The average Bonchev–Trinajstić information content (AvgIpc) is 2.39. The molecule has 7 heteroatoms. The molecule has 18 heavy (non-hydrogen) atoms. The van der Waals surface area contributed by atoms with Gasteiger partial charge in [0.15, 0.2) is 5.82 Å². The van der Waals surface area contributed by atoms with E-state index >= 15 is 0 Å². The lowest BCUT2D eigenvalue weighted by atomic mass is 10.1. The van der Waals surface area contributed by atoms with Gasteiger partial charge < -0.3 is 20.1 Å². The Morgan fingerprint density at radius 2 is 2.22 bits per heavy atom. The summed E-state index contributed by atoms with van der Waals surface area (Å²) in [6.45, 7) is 0.630. The summed E-state index contributed by atoms with van der Waals surface area (Å²) in [6.07, 6.45) is 2.89. The van der Waals surface area contributed by atoms with Crippen molar-refractivity contribution in [1.82, 2.24) is 9.97 Å². The zero-order valence-electron chi connectivity index (χ0n) is 10.4. The summed E-state index contributed by atoms with van der Waals surface area (Å²) in [6, 6.07) is -0.299. The van der Waals surface area contributed by atoms with E-state index in [9.17, 15) is 4.79 Å². The van der Waals surface area contributed by atoms with Crippen LogP contribution in [-0.4, -0.2) is 42.7 Å². The van der Waals surface area contributed by atoms with E-state index in [1.807, 2.05) is 0 Å². The van der Waals surface area contributed by atoms with Crippen LogP contribution < -0.4 is 15.4 Å². The summed E-state index contributed by atoms with van der Waals surface area (Å²) in [5.74, 6) is 0.840. The van der Waals surface area contributed by atoms with E-state index in [4.69, 9.17) is 9.47 Å². The number of rotatable bonds is 5. The smallest absolute Gasteiger partial charge is 0.247 e. The topological polar surface area (TPSA) is 85.4 Å². The van der Waals surface area contributed by atoms with E-state index in [0.717, 1.165) is 6.42 Å². The third-order valence-electron chi connectivity index (χ3n) is 2.72. The number of nitrogens with one attached hydrogen (secondary N) is 2. The minimum Gasteiger partial charge on any atom is -0.479 e. The first-order chi connectivity index (χ1) is 8.76. The number of methoxy groups -OCH3 is 2. The number of hydrogen-bond acceptors (Lipinski definition) is 6. The highest BCUT2D eigenvalue weighted by Crippen LogP contribution is 2.32. The summed E-state index contributed by atoms with van der Waals surface area (Å²) in [7, 11) is 3.14. The van der Waals surface area contributed by atoms with Gasteiger partial charge >= 0.3 is 0 Å². The van der Waals surface area contributed by atoms with Crippen molar-refractivity contribution in [1.29, 1.82) is 0 Å². The number of nitrogens with zero attached hydrogens (tertiary/aromatic N) is 2. The zero-order valence-corrected chi connectivity index (χ0v) is 10.4. The molecule has 1 unspecified atom stereocenters. The van der Waals surface area contributed by atoms with Crippen LogP contribution in [-0.2, 0) is 9.53 Å². The molecule has 0 aliphatic carbocycles. The summed E-state index contributed by atoms with van der Waals surface area (Å²) in [5.41, 5.74) is 0.494. The lowest BCUT2D eigenvalue weighted by molar-refractivity contribution is -0.117. The molecule has 98 valence electrons. The number of hydrogen-bond donors (Lipinski definition) is 2. The molecule has 0 radical (unpaired) electrons. The Labute approximate surface area is 105 Å². The van der Waals surface area contributed by atoms with Crippen LogP contribution in [0.15, 0.2) is 6.33 Å². The van der Waals surface area contributed by atoms with Gasteiger partial charge in [-0.1, -0.05) is 0 Å². The molecule has 0 bridgehead atoms. The van der Waals surface area contributed by atoms with Gasteiger partial charge in [-0.25, -0.2) is 4.98 Å². The number of carbonyl (C=O) groups is 1. The molecule has 0 saturated heterocycles. The fourth-order valence-corrected chi connectivity index (χ4v) is 1.82. The SMILES string of the molecule is COCCCC1Nc2ncnc(OC)c2NC1=O. The van der Waals surface area contributed by atoms with Gasteiger partial charge in [0.25, 0.3) is 0 Å². The quantitative estimate of drug-likeness (QED) is 0.748. The maximum absolute atomic E-state index is 11.9. The van der Waals surface area contributed by atoms with Crippen molar-refractivity contribution in [2.45, 2.75) is 18.9 Å². The maximum Gasteiger partial charge on any atom is 0.247 e. The van der Waals surface area contributed by atoms with E-state index in [1.165, 1.54) is 13.4 Å². The molecule has 1 aliphatic heterocycles. The molecule has 7 nitrogen and oxygen atoms in total. The van der Waals surface area contributed by atoms with E-state index in [1.54, 1.807) is 7.11 Å². The predicted octanol–water partition coefficient (Wildman–Crippen LogP) is 0.644. The maximum atomic E-state index is 11.9. The second-order valence-electron chi connectivity index (χ2n) is 3.93. The Balaban J connectivity index is 2.11. The Morgan fingerprint density at radius 1 is 1.39 bits per heavy atom. The number of fused-ring (bicyclic) bond motifs is 1. The van der Waals surface area contributed by atoms with Gasteiger partial charge in [0.2, 0.25) is 11.8 Å². The number of anilines is 2. The number of aromatic nitrogens is 2. The molecular formula is C11H16N4O3. The Bertz CT molecular complexity index is 438. The monoisotopic (exact) mass is 252 g/mol. The highest BCUT2D eigenvalue weighted by molar-refractivity contribution is 6.03. The van der Waals surface area contributed by atoms with E-state index in [-0.39, 0.29) is 11.9 Å². The van der Waals surface area contributed by atoms with Crippen LogP contribution in [0.1, 0.15) is 12.8 Å². The van der Waals surface area contributed by atoms with Gasteiger partial charge in [-0.15, -0.1) is 0 Å². The van der Waals surface area contributed by atoms with Crippen molar-refractivity contribution >= 4 is 17.4 Å². The normalized spacial score (nSPS) is 17.7. The molecule has 1 amide bonds. The number of carbonyl (C=O) groups excluding carboxylic acids is 1. The second kappa shape index (κ2) is 5.63. The van der Waals surface area contributed by atoms with Crippen molar-refractivity contribution in [2.75, 3.05) is 31.5 Å². The predicted molar refractivity (Wildman–Crippen MR) is 65.7 cm³/mol. The van der Waals surface area contributed by atoms with Crippen molar-refractivity contribution in [2.24, 2.45) is 0 Å². The molecule has 0 aromatic carbocycles. The first kappa shape index (κ1) is 12.6. The van der Waals surface area contributed by atoms with Gasteiger partial charge in [0.1, 0.15) is 18.1 Å². The highest BCUT2D eigenvalue weighted by atomic mass is 16.5. The molecule has 1 aliphatic rings. The van der Waals surface area contributed by atoms with Crippen molar-refractivity contribution in [3.63, 3.8) is 0 Å². The average molecular weight is 252 g/mol. The minimum absolute atomic E-state index is 0.105. The summed E-state index contributed by atoms with van der Waals surface area (Å²) in [4.78, 5) is 19.9. The fourth-order valence-electron chi connectivity index (χ4n) is 1.82. The second-order valence-corrected chi connectivity index (χ2v) is 3.93. The lowest BCUT2D eigenvalue weighted by Crippen LogP contribution is -2.39. The third-order valence-corrected chi connectivity index (χ3v) is 2.72. The Morgan fingerprint density at radius 3 is 2.94 bits per heavy atom.